The molecular formula is C16H15N3O3. The third kappa shape index (κ3) is 3.69. The number of carbonyl (C=O) groups is 3. The quantitative estimate of drug-likeness (QED) is 0.751. The number of nitrogens with one attached hydrogen (secondary N) is 2. The lowest BCUT2D eigenvalue weighted by atomic mass is 10.1. The summed E-state index contributed by atoms with van der Waals surface area (Å²) < 4.78 is 0. The van der Waals surface area contributed by atoms with Crippen LogP contribution in [0.2, 0.25) is 0 Å². The molecule has 0 bridgehead atoms. The Labute approximate surface area is 127 Å². The zero-order valence-electron chi connectivity index (χ0n) is 11.9. The molecule has 0 fully saturated rings. The van der Waals surface area contributed by atoms with Crippen LogP contribution in [0.15, 0.2) is 48.5 Å². The van der Waals surface area contributed by atoms with E-state index < -0.39 is 17.7 Å². The van der Waals surface area contributed by atoms with Crippen molar-refractivity contribution in [2.45, 2.75) is 6.92 Å². The summed E-state index contributed by atoms with van der Waals surface area (Å²) in [6.07, 6.45) is 0. The van der Waals surface area contributed by atoms with Crippen molar-refractivity contribution < 1.29 is 14.4 Å². The molecule has 6 heteroatoms. The number of nitrogens with two attached hydrogens (primary N) is 1. The largest absolute Gasteiger partial charge is 0.366 e. The van der Waals surface area contributed by atoms with Gasteiger partial charge in [0.1, 0.15) is 0 Å². The maximum atomic E-state index is 11.9. The third-order valence-electron chi connectivity index (χ3n) is 2.96. The molecule has 0 spiro atoms. The SMILES string of the molecule is Cc1ccc(NC(=O)C(=O)Nc2ccccc2C(N)=O)cc1. The minimum atomic E-state index is -0.880. The van der Waals surface area contributed by atoms with Crippen molar-refractivity contribution >= 4 is 29.1 Å². The van der Waals surface area contributed by atoms with Gasteiger partial charge in [0.15, 0.2) is 0 Å². The molecule has 2 rings (SSSR count). The second kappa shape index (κ2) is 6.53. The fourth-order valence-electron chi connectivity index (χ4n) is 1.81. The molecule has 0 saturated heterocycles. The zero-order chi connectivity index (χ0) is 16.1. The van der Waals surface area contributed by atoms with Gasteiger partial charge in [0.25, 0.3) is 5.91 Å². The Kier molecular flexibility index (Phi) is 4.53. The number of rotatable bonds is 3. The first-order chi connectivity index (χ1) is 10.5. The average molecular weight is 297 g/mol. The molecule has 2 aromatic rings. The van der Waals surface area contributed by atoms with Crippen LogP contribution in [-0.4, -0.2) is 17.7 Å². The van der Waals surface area contributed by atoms with Crippen LogP contribution in [0.25, 0.3) is 0 Å². The number of amides is 3. The van der Waals surface area contributed by atoms with Gasteiger partial charge in [0.2, 0.25) is 0 Å². The first-order valence-electron chi connectivity index (χ1n) is 6.55. The van der Waals surface area contributed by atoms with E-state index in [0.717, 1.165) is 5.56 Å². The van der Waals surface area contributed by atoms with Gasteiger partial charge in [-0.1, -0.05) is 29.8 Å². The first kappa shape index (κ1) is 15.2. The Morgan fingerprint density at radius 3 is 2.09 bits per heavy atom. The van der Waals surface area contributed by atoms with Gasteiger partial charge < -0.3 is 16.4 Å². The second-order valence-corrected chi connectivity index (χ2v) is 4.68. The van der Waals surface area contributed by atoms with E-state index in [4.69, 9.17) is 5.73 Å². The van der Waals surface area contributed by atoms with E-state index in [9.17, 15) is 14.4 Å². The van der Waals surface area contributed by atoms with E-state index >= 15 is 0 Å². The monoisotopic (exact) mass is 297 g/mol. The van der Waals surface area contributed by atoms with E-state index in [1.54, 1.807) is 24.3 Å². The minimum absolute atomic E-state index is 0.138. The maximum absolute atomic E-state index is 11.9. The Morgan fingerprint density at radius 1 is 0.864 bits per heavy atom. The van der Waals surface area contributed by atoms with Crippen molar-refractivity contribution in [3.8, 4) is 0 Å². The molecule has 0 unspecified atom stereocenters. The van der Waals surface area contributed by atoms with Gasteiger partial charge in [-0.25, -0.2) is 0 Å². The standard InChI is InChI=1S/C16H15N3O3/c1-10-6-8-11(9-7-10)18-15(21)16(22)19-13-5-3-2-4-12(13)14(17)20/h2-9H,1H3,(H2,17,20)(H,18,21)(H,19,22). The van der Waals surface area contributed by atoms with E-state index in [-0.39, 0.29) is 11.3 Å². The van der Waals surface area contributed by atoms with Gasteiger partial charge in [-0.15, -0.1) is 0 Å². The number of anilines is 2. The Balaban J connectivity index is 2.07. The predicted octanol–water partition coefficient (Wildman–Crippen LogP) is 1.67. The van der Waals surface area contributed by atoms with E-state index in [0.29, 0.717) is 5.69 Å². The van der Waals surface area contributed by atoms with E-state index in [1.165, 1.54) is 12.1 Å². The molecule has 0 heterocycles. The minimum Gasteiger partial charge on any atom is -0.366 e. The van der Waals surface area contributed by atoms with E-state index in [1.807, 2.05) is 19.1 Å². The van der Waals surface area contributed by atoms with Crippen molar-refractivity contribution in [2.75, 3.05) is 10.6 Å². The van der Waals surface area contributed by atoms with Crippen molar-refractivity contribution in [2.24, 2.45) is 5.73 Å². The van der Waals surface area contributed by atoms with Crippen LogP contribution in [0.1, 0.15) is 15.9 Å². The summed E-state index contributed by atoms with van der Waals surface area (Å²) in [5.41, 5.74) is 7.09. The molecule has 0 saturated carbocycles. The summed E-state index contributed by atoms with van der Waals surface area (Å²) in [6, 6.07) is 13.2. The fraction of sp³-hybridized carbons (Fsp3) is 0.0625. The topological polar surface area (TPSA) is 101 Å². The third-order valence-corrected chi connectivity index (χ3v) is 2.96. The molecule has 6 nitrogen and oxygen atoms in total. The summed E-state index contributed by atoms with van der Waals surface area (Å²) in [7, 11) is 0. The van der Waals surface area contributed by atoms with Crippen LogP contribution in [0.4, 0.5) is 11.4 Å². The molecule has 4 N–H and O–H groups in total. The molecule has 0 aliphatic carbocycles. The lowest BCUT2D eigenvalue weighted by Crippen LogP contribution is -2.30. The lowest BCUT2D eigenvalue weighted by molar-refractivity contribution is -0.133. The summed E-state index contributed by atoms with van der Waals surface area (Å²) >= 11 is 0. The van der Waals surface area contributed by atoms with Gasteiger partial charge in [-0.2, -0.15) is 0 Å². The van der Waals surface area contributed by atoms with Crippen molar-refractivity contribution in [1.82, 2.24) is 0 Å². The van der Waals surface area contributed by atoms with Crippen LogP contribution in [0.5, 0.6) is 0 Å². The fourth-order valence-corrected chi connectivity index (χ4v) is 1.81. The van der Waals surface area contributed by atoms with Crippen LogP contribution < -0.4 is 16.4 Å². The maximum Gasteiger partial charge on any atom is 0.314 e. The molecule has 112 valence electrons. The van der Waals surface area contributed by atoms with Gasteiger partial charge in [-0.05, 0) is 31.2 Å². The zero-order valence-corrected chi connectivity index (χ0v) is 11.9. The molecule has 0 atom stereocenters. The van der Waals surface area contributed by atoms with E-state index in [2.05, 4.69) is 10.6 Å². The summed E-state index contributed by atoms with van der Waals surface area (Å²) in [5, 5.41) is 4.84. The molecule has 3 amide bonds. The second-order valence-electron chi connectivity index (χ2n) is 4.68. The summed E-state index contributed by atoms with van der Waals surface area (Å²) in [6.45, 7) is 1.92. The highest BCUT2D eigenvalue weighted by Gasteiger charge is 2.16. The molecule has 0 aromatic heterocycles. The summed E-state index contributed by atoms with van der Waals surface area (Å²) in [5.74, 6) is -2.40. The number of para-hydroxylation sites is 1. The highest BCUT2D eigenvalue weighted by Crippen LogP contribution is 2.14. The van der Waals surface area contributed by atoms with Gasteiger partial charge in [0.05, 0.1) is 11.3 Å². The number of carbonyl (C=O) groups excluding carboxylic acids is 3. The number of benzene rings is 2. The average Bonchev–Trinajstić information content (AvgIpc) is 2.49. The Bertz CT molecular complexity index is 724. The van der Waals surface area contributed by atoms with Crippen molar-refractivity contribution in [1.29, 1.82) is 0 Å². The van der Waals surface area contributed by atoms with Gasteiger partial charge in [0, 0.05) is 5.69 Å². The van der Waals surface area contributed by atoms with Crippen molar-refractivity contribution in [3.63, 3.8) is 0 Å². The van der Waals surface area contributed by atoms with Crippen molar-refractivity contribution in [3.05, 3.63) is 59.7 Å². The molecular weight excluding hydrogens is 282 g/mol. The number of aryl methyl sites for hydroxylation is 1. The molecule has 0 radical (unpaired) electrons. The smallest absolute Gasteiger partial charge is 0.314 e. The Morgan fingerprint density at radius 2 is 1.45 bits per heavy atom. The number of primary amides is 1. The Hall–Kier alpha value is -3.15. The highest BCUT2D eigenvalue weighted by molar-refractivity contribution is 6.44. The number of hydrogen-bond acceptors (Lipinski definition) is 3. The summed E-state index contributed by atoms with van der Waals surface area (Å²) in [4.78, 5) is 35.0. The van der Waals surface area contributed by atoms with Crippen LogP contribution in [0.3, 0.4) is 0 Å². The molecule has 0 aliphatic heterocycles. The molecule has 0 aliphatic rings. The molecule has 2 aromatic carbocycles. The number of hydrogen-bond donors (Lipinski definition) is 3. The predicted molar refractivity (Wildman–Crippen MR) is 83.4 cm³/mol. The molecule has 22 heavy (non-hydrogen) atoms. The van der Waals surface area contributed by atoms with Crippen LogP contribution >= 0.6 is 0 Å². The van der Waals surface area contributed by atoms with Crippen LogP contribution in [0, 0.1) is 6.92 Å². The van der Waals surface area contributed by atoms with Crippen LogP contribution in [-0.2, 0) is 9.59 Å². The van der Waals surface area contributed by atoms with Gasteiger partial charge >= 0.3 is 11.8 Å². The highest BCUT2D eigenvalue weighted by atomic mass is 16.2. The van der Waals surface area contributed by atoms with Gasteiger partial charge in [-0.3, -0.25) is 14.4 Å². The lowest BCUT2D eigenvalue weighted by Gasteiger charge is -2.09. The normalized spacial score (nSPS) is 9.86. The first-order valence-corrected chi connectivity index (χ1v) is 6.55.